The molecule has 3 aliphatic heterocycles. The third kappa shape index (κ3) is 4.19. The van der Waals surface area contributed by atoms with Crippen molar-refractivity contribution in [2.45, 2.75) is 19.9 Å². The topological polar surface area (TPSA) is 108 Å². The van der Waals surface area contributed by atoms with Gasteiger partial charge >= 0.3 is 0 Å². The minimum absolute atomic E-state index is 0.227. The molecule has 0 aromatic rings. The molecule has 0 atom stereocenters. The highest BCUT2D eigenvalue weighted by atomic mass is 16.5. The fourth-order valence-corrected chi connectivity index (χ4v) is 2.51. The van der Waals surface area contributed by atoms with Crippen molar-refractivity contribution in [3.05, 3.63) is 59.0 Å². The largest absolute Gasteiger partial charge is 0.384 e. The molecule has 1 saturated heterocycles. The van der Waals surface area contributed by atoms with Crippen LogP contribution in [0.1, 0.15) is 13.8 Å². The van der Waals surface area contributed by atoms with E-state index < -0.39 is 0 Å². The Labute approximate surface area is 147 Å². The molecule has 7 nitrogen and oxygen atoms in total. The van der Waals surface area contributed by atoms with E-state index >= 15 is 0 Å². The van der Waals surface area contributed by atoms with Gasteiger partial charge < -0.3 is 31.8 Å². The van der Waals surface area contributed by atoms with Gasteiger partial charge in [-0.3, -0.25) is 0 Å². The number of nitrogens with zero attached hydrogens (tertiary/aromatic N) is 1. The third-order valence-electron chi connectivity index (χ3n) is 4.05. The Hall–Kier alpha value is -2.80. The van der Waals surface area contributed by atoms with E-state index in [9.17, 15) is 0 Å². The van der Waals surface area contributed by atoms with Gasteiger partial charge in [0, 0.05) is 12.4 Å². The van der Waals surface area contributed by atoms with Gasteiger partial charge in [0.05, 0.1) is 36.3 Å². The molecule has 0 radical (unpaired) electrons. The van der Waals surface area contributed by atoms with Crippen LogP contribution in [0.2, 0.25) is 0 Å². The van der Waals surface area contributed by atoms with Gasteiger partial charge in [0.2, 0.25) is 0 Å². The second-order valence-corrected chi connectivity index (χ2v) is 6.42. The predicted octanol–water partition coefficient (Wildman–Crippen LogP) is 1.22. The molecule has 0 aromatic heterocycles. The van der Waals surface area contributed by atoms with Crippen molar-refractivity contribution in [2.75, 3.05) is 13.2 Å². The molecular weight excluding hydrogens is 316 g/mol. The minimum Gasteiger partial charge on any atom is -0.384 e. The monoisotopic (exact) mass is 340 g/mol. The number of rotatable bonds is 6. The van der Waals surface area contributed by atoms with Gasteiger partial charge in [0.1, 0.15) is 11.7 Å². The molecule has 3 heterocycles. The van der Waals surface area contributed by atoms with E-state index in [0.717, 1.165) is 35.9 Å². The zero-order chi connectivity index (χ0) is 17.8. The Kier molecular flexibility index (Phi) is 5.04. The molecule has 132 valence electrons. The lowest BCUT2D eigenvalue weighted by molar-refractivity contribution is -0.000387. The maximum absolute atomic E-state index is 7.44. The van der Waals surface area contributed by atoms with Crippen LogP contribution < -0.4 is 21.7 Å². The molecule has 0 amide bonds. The number of nitrogens with one attached hydrogen (secondary N) is 4. The lowest BCUT2D eigenvalue weighted by Crippen LogP contribution is -2.46. The fourth-order valence-electron chi connectivity index (χ4n) is 2.51. The van der Waals surface area contributed by atoms with Gasteiger partial charge in [-0.15, -0.1) is 0 Å². The van der Waals surface area contributed by atoms with E-state index in [1.54, 1.807) is 6.08 Å². The lowest BCUT2D eigenvalue weighted by atomic mass is 10.0. The van der Waals surface area contributed by atoms with E-state index in [0.29, 0.717) is 17.7 Å². The number of amidine groups is 1. The van der Waals surface area contributed by atoms with Crippen LogP contribution in [0.5, 0.6) is 0 Å². The van der Waals surface area contributed by atoms with Crippen molar-refractivity contribution in [1.29, 1.82) is 5.41 Å². The highest BCUT2D eigenvalue weighted by molar-refractivity contribution is 5.97. The first kappa shape index (κ1) is 17.0. The second kappa shape index (κ2) is 7.40. The van der Waals surface area contributed by atoms with Crippen LogP contribution in [-0.4, -0.2) is 31.3 Å². The molecule has 0 bridgehead atoms. The van der Waals surface area contributed by atoms with Crippen LogP contribution in [-0.2, 0) is 4.74 Å². The van der Waals surface area contributed by atoms with Crippen molar-refractivity contribution in [2.24, 2.45) is 16.6 Å². The second-order valence-electron chi connectivity index (χ2n) is 6.42. The van der Waals surface area contributed by atoms with Gasteiger partial charge in [0.25, 0.3) is 0 Å². The molecule has 3 rings (SSSR count). The number of aliphatic imine (C=N–C) groups is 1. The van der Waals surface area contributed by atoms with Crippen LogP contribution >= 0.6 is 0 Å². The molecule has 25 heavy (non-hydrogen) atoms. The fraction of sp³-hybridized carbons (Fsp3) is 0.333. The summed E-state index contributed by atoms with van der Waals surface area (Å²) in [7, 11) is 0. The summed E-state index contributed by atoms with van der Waals surface area (Å²) in [4.78, 5) is 4.40. The number of nitrogens with two attached hydrogens (primary N) is 1. The number of allylic oxidation sites excluding steroid dienone is 4. The van der Waals surface area contributed by atoms with E-state index in [2.05, 4.69) is 20.9 Å². The molecule has 7 heteroatoms. The van der Waals surface area contributed by atoms with Gasteiger partial charge in [-0.1, -0.05) is 13.8 Å². The first-order valence-electron chi connectivity index (χ1n) is 8.33. The Morgan fingerprint density at radius 2 is 2.20 bits per heavy atom. The standard InChI is InChI=1S/C18H24N6O/c1-11(2)12(7-19)5-17(20)24-18-4-3-15-16(23-18)6-13(8-21-15)22-14-9-25-10-14/h3-8,11,14,19,21-23H,9-10H2,1-2H3,(H2,20,24). The minimum atomic E-state index is 0.227. The number of ether oxygens (including phenoxy) is 1. The number of hydrogen-bond donors (Lipinski definition) is 5. The van der Waals surface area contributed by atoms with Crippen LogP contribution in [0.4, 0.5) is 0 Å². The molecule has 0 aliphatic carbocycles. The summed E-state index contributed by atoms with van der Waals surface area (Å²) in [6.45, 7) is 5.51. The summed E-state index contributed by atoms with van der Waals surface area (Å²) in [5.74, 6) is 1.25. The van der Waals surface area contributed by atoms with Crippen molar-refractivity contribution in [3.8, 4) is 0 Å². The lowest BCUT2D eigenvalue weighted by Gasteiger charge is -2.30. The summed E-state index contributed by atoms with van der Waals surface area (Å²) in [5.41, 5.74) is 9.74. The zero-order valence-electron chi connectivity index (χ0n) is 14.5. The molecule has 1 fully saturated rings. The summed E-state index contributed by atoms with van der Waals surface area (Å²) in [6.07, 6.45) is 10.8. The number of dihydropyridines is 2. The van der Waals surface area contributed by atoms with Crippen LogP contribution in [0, 0.1) is 11.3 Å². The first-order valence-corrected chi connectivity index (χ1v) is 8.33. The molecule has 0 aromatic carbocycles. The van der Waals surface area contributed by atoms with E-state index in [1.807, 2.05) is 38.3 Å². The Balaban J connectivity index is 1.70. The van der Waals surface area contributed by atoms with Crippen LogP contribution in [0.3, 0.4) is 0 Å². The van der Waals surface area contributed by atoms with E-state index in [1.165, 1.54) is 6.21 Å². The van der Waals surface area contributed by atoms with E-state index in [-0.39, 0.29) is 5.92 Å². The first-order chi connectivity index (χ1) is 12.0. The summed E-state index contributed by atoms with van der Waals surface area (Å²) in [5, 5.41) is 17.4. The average Bonchev–Trinajstić information content (AvgIpc) is 2.55. The van der Waals surface area contributed by atoms with Crippen LogP contribution in [0.25, 0.3) is 0 Å². The maximum Gasteiger partial charge on any atom is 0.132 e. The maximum atomic E-state index is 7.44. The zero-order valence-corrected chi connectivity index (χ0v) is 14.5. The summed E-state index contributed by atoms with van der Waals surface area (Å²) >= 11 is 0. The molecule has 3 aliphatic rings. The molecule has 6 N–H and O–H groups in total. The van der Waals surface area contributed by atoms with Crippen molar-refractivity contribution in [3.63, 3.8) is 0 Å². The molecule has 0 spiro atoms. The normalized spacial score (nSPS) is 20.9. The Morgan fingerprint density at radius 1 is 1.40 bits per heavy atom. The molecule has 0 saturated carbocycles. The Bertz CT molecular complexity index is 735. The summed E-state index contributed by atoms with van der Waals surface area (Å²) in [6, 6.07) is 0.364. The van der Waals surface area contributed by atoms with Gasteiger partial charge in [0.15, 0.2) is 0 Å². The van der Waals surface area contributed by atoms with E-state index in [4.69, 9.17) is 15.9 Å². The van der Waals surface area contributed by atoms with Crippen molar-refractivity contribution < 1.29 is 4.74 Å². The summed E-state index contributed by atoms with van der Waals surface area (Å²) < 4.78 is 5.18. The van der Waals surface area contributed by atoms with Gasteiger partial charge in [-0.05, 0) is 35.8 Å². The van der Waals surface area contributed by atoms with Crippen molar-refractivity contribution >= 4 is 12.1 Å². The predicted molar refractivity (Wildman–Crippen MR) is 99.7 cm³/mol. The quantitative estimate of drug-likeness (QED) is 0.369. The van der Waals surface area contributed by atoms with Crippen LogP contribution in [0.15, 0.2) is 64.0 Å². The average molecular weight is 340 g/mol. The third-order valence-corrected chi connectivity index (χ3v) is 4.05. The smallest absolute Gasteiger partial charge is 0.132 e. The molecular formula is C18H24N6O. The van der Waals surface area contributed by atoms with Gasteiger partial charge in [-0.25, -0.2) is 4.99 Å². The highest BCUT2D eigenvalue weighted by Gasteiger charge is 2.21. The highest BCUT2D eigenvalue weighted by Crippen LogP contribution is 2.19. The van der Waals surface area contributed by atoms with Crippen molar-refractivity contribution in [1.82, 2.24) is 16.0 Å². The number of hydrogen-bond acceptors (Lipinski definition) is 6. The molecule has 0 unspecified atom stereocenters. The number of fused-ring (bicyclic) bond motifs is 1. The SMILES string of the molecule is CC(C)C(C=N)=CC(N)=NC1=CC=C2NC=C(NC3COC3)C=C2N1. The van der Waals surface area contributed by atoms with Gasteiger partial charge in [-0.2, -0.15) is 0 Å². The Morgan fingerprint density at radius 3 is 2.84 bits per heavy atom.